The van der Waals surface area contributed by atoms with Crippen LogP contribution in [0.3, 0.4) is 0 Å². The van der Waals surface area contributed by atoms with Gasteiger partial charge in [0.2, 0.25) is 15.9 Å². The number of nitrogens with zero attached hydrogens (tertiary/aromatic N) is 2. The normalized spacial score (nSPS) is 21.2. The smallest absolute Gasteiger partial charge is 0.303 e. The zero-order valence-electron chi connectivity index (χ0n) is 16.8. The van der Waals surface area contributed by atoms with Gasteiger partial charge in [-0.3, -0.25) is 9.59 Å². The van der Waals surface area contributed by atoms with Crippen LogP contribution in [-0.2, 0) is 24.3 Å². The van der Waals surface area contributed by atoms with Crippen molar-refractivity contribution in [1.29, 1.82) is 0 Å². The molecule has 0 saturated heterocycles. The van der Waals surface area contributed by atoms with Gasteiger partial charge in [0.25, 0.3) is 0 Å². The maximum Gasteiger partial charge on any atom is 0.303 e. The Kier molecular flexibility index (Phi) is 8.42. The molecule has 28 heavy (non-hydrogen) atoms. The van der Waals surface area contributed by atoms with Crippen molar-refractivity contribution >= 4 is 21.9 Å². The van der Waals surface area contributed by atoms with E-state index in [0.717, 1.165) is 21.8 Å². The van der Waals surface area contributed by atoms with Crippen molar-refractivity contribution in [2.24, 2.45) is 0 Å². The zero-order valence-corrected chi connectivity index (χ0v) is 19.8. The van der Waals surface area contributed by atoms with E-state index in [1.54, 1.807) is 18.2 Å². The van der Waals surface area contributed by atoms with Gasteiger partial charge in [-0.05, 0) is 6.07 Å². The first kappa shape index (κ1) is 24.8. The maximum absolute atomic E-state index is 12.8. The summed E-state index contributed by atoms with van der Waals surface area (Å²) in [7, 11) is 3.63. The Labute approximate surface area is 183 Å². The van der Waals surface area contributed by atoms with Gasteiger partial charge in [0.15, 0.2) is 6.10 Å². The molecule has 0 saturated carbocycles. The van der Waals surface area contributed by atoms with E-state index in [0.29, 0.717) is 12.1 Å². The Bertz CT molecular complexity index is 823. The highest BCUT2D eigenvalue weighted by Gasteiger charge is 2.47. The van der Waals surface area contributed by atoms with Crippen molar-refractivity contribution in [3.8, 4) is 0 Å². The number of hydrogen-bond acceptors (Lipinski definition) is 5. The number of ether oxygens (including phenoxy) is 1. The first-order valence-corrected chi connectivity index (χ1v) is 10.2. The molecule has 10 heteroatoms. The summed E-state index contributed by atoms with van der Waals surface area (Å²) in [5.41, 5.74) is 0.317. The average molecular weight is 525 g/mol. The van der Waals surface area contributed by atoms with E-state index in [1.165, 1.54) is 20.0 Å². The predicted molar refractivity (Wildman–Crippen MR) is 100 cm³/mol. The van der Waals surface area contributed by atoms with Crippen LogP contribution < -0.4 is 29.3 Å². The molecule has 1 aliphatic heterocycles. The molecule has 2 rings (SSSR count). The van der Waals surface area contributed by atoms with E-state index < -0.39 is 34.0 Å². The summed E-state index contributed by atoms with van der Waals surface area (Å²) in [6.07, 6.45) is -0.251. The van der Waals surface area contributed by atoms with Crippen LogP contribution in [0.2, 0.25) is 0 Å². The lowest BCUT2D eigenvalue weighted by molar-refractivity contribution is -0.870. The Hall–Kier alpha value is -1.24. The average Bonchev–Trinajstić information content (AvgIpc) is 2.56. The number of rotatable bonds is 6. The van der Waals surface area contributed by atoms with Gasteiger partial charge in [0, 0.05) is 32.5 Å². The van der Waals surface area contributed by atoms with E-state index >= 15 is 0 Å². The van der Waals surface area contributed by atoms with Crippen molar-refractivity contribution in [1.82, 2.24) is 9.62 Å². The lowest BCUT2D eigenvalue weighted by Gasteiger charge is -2.37. The fourth-order valence-corrected chi connectivity index (χ4v) is 4.64. The molecule has 8 nitrogen and oxygen atoms in total. The van der Waals surface area contributed by atoms with Crippen molar-refractivity contribution in [3.63, 3.8) is 0 Å². The number of sulfonamides is 1. The van der Waals surface area contributed by atoms with Crippen LogP contribution in [0.4, 0.5) is 0 Å². The number of carbonyl (C=O) groups is 2. The second-order valence-electron chi connectivity index (χ2n) is 7.69. The zero-order chi connectivity index (χ0) is 20.4. The predicted octanol–water partition coefficient (Wildman–Crippen LogP) is -2.49. The number of esters is 1. The molecule has 1 aromatic carbocycles. The number of benzene rings is 1. The standard InChI is InChI=1S/C18H27N3O5S.HI/c1-13(22)26-17-14-9-6-7-10-15(14)27(24,25)20(2)16(17)18(23)19-11-8-12-21(3,4)5;/h6-7,9-10,16-17H,8,11-12H2,1-5H3;1H. The minimum Gasteiger partial charge on any atom is -1.00 e. The Morgan fingerprint density at radius 3 is 2.39 bits per heavy atom. The SMILES string of the molecule is CC(=O)OC1c2ccccc2S(=O)(=O)N(C)C1C(=O)NCCC[N+](C)(C)C.[I-]. The van der Waals surface area contributed by atoms with Gasteiger partial charge < -0.3 is 38.5 Å². The van der Waals surface area contributed by atoms with Gasteiger partial charge in [-0.1, -0.05) is 18.2 Å². The number of carbonyl (C=O) groups excluding carboxylic acids is 2. The number of fused-ring (bicyclic) bond motifs is 1. The summed E-state index contributed by atoms with van der Waals surface area (Å²) in [6, 6.07) is 5.13. The van der Waals surface area contributed by atoms with Crippen molar-refractivity contribution < 1.29 is 51.2 Å². The van der Waals surface area contributed by atoms with E-state index in [4.69, 9.17) is 4.74 Å². The van der Waals surface area contributed by atoms with Crippen LogP contribution in [0.5, 0.6) is 0 Å². The summed E-state index contributed by atoms with van der Waals surface area (Å²) in [5.74, 6) is -1.06. The summed E-state index contributed by atoms with van der Waals surface area (Å²) in [6.45, 7) is 2.50. The largest absolute Gasteiger partial charge is 1.00 e. The second kappa shape index (κ2) is 9.51. The molecule has 0 aromatic heterocycles. The highest BCUT2D eigenvalue weighted by molar-refractivity contribution is 7.89. The minimum absolute atomic E-state index is 0. The molecule has 1 N–H and O–H groups in total. The van der Waals surface area contributed by atoms with Gasteiger partial charge in [0.05, 0.1) is 32.6 Å². The van der Waals surface area contributed by atoms with Crippen molar-refractivity contribution in [3.05, 3.63) is 29.8 Å². The Morgan fingerprint density at radius 2 is 1.82 bits per heavy atom. The molecular formula is C18H28IN3O5S. The molecular weight excluding hydrogens is 497 g/mol. The van der Waals surface area contributed by atoms with Crippen LogP contribution >= 0.6 is 0 Å². The van der Waals surface area contributed by atoms with Crippen LogP contribution in [0.25, 0.3) is 0 Å². The first-order valence-electron chi connectivity index (χ1n) is 8.77. The van der Waals surface area contributed by atoms with E-state index in [2.05, 4.69) is 26.5 Å². The fraction of sp³-hybridized carbons (Fsp3) is 0.556. The number of halogens is 1. The maximum atomic E-state index is 12.8. The van der Waals surface area contributed by atoms with Gasteiger partial charge in [-0.15, -0.1) is 0 Å². The lowest BCUT2D eigenvalue weighted by Crippen LogP contribution is -3.00. The van der Waals surface area contributed by atoms with E-state index in [9.17, 15) is 18.0 Å². The van der Waals surface area contributed by atoms with Gasteiger partial charge in [-0.25, -0.2) is 8.42 Å². The second-order valence-corrected chi connectivity index (χ2v) is 9.66. The van der Waals surface area contributed by atoms with Crippen molar-refractivity contribution in [2.45, 2.75) is 30.4 Å². The van der Waals surface area contributed by atoms with Crippen LogP contribution in [-0.4, -0.2) is 76.4 Å². The molecule has 2 atom stereocenters. The molecule has 1 heterocycles. The Balaban J connectivity index is 0.00000392. The first-order chi connectivity index (χ1) is 12.4. The molecule has 1 aromatic rings. The molecule has 1 aliphatic rings. The Morgan fingerprint density at radius 1 is 1.21 bits per heavy atom. The highest BCUT2D eigenvalue weighted by Crippen LogP contribution is 2.38. The quantitative estimate of drug-likeness (QED) is 0.192. The number of nitrogens with one attached hydrogen (secondary N) is 1. The van der Waals surface area contributed by atoms with Gasteiger partial charge in [0.1, 0.15) is 6.04 Å². The summed E-state index contributed by atoms with van der Waals surface area (Å²) >= 11 is 0. The molecule has 0 fully saturated rings. The molecule has 158 valence electrons. The number of likely N-dealkylation sites (N-methyl/N-ethyl adjacent to an activating group) is 1. The third kappa shape index (κ3) is 5.65. The molecule has 0 spiro atoms. The number of hydrogen-bond donors (Lipinski definition) is 1. The fourth-order valence-electron chi connectivity index (χ4n) is 3.09. The van der Waals surface area contributed by atoms with Gasteiger partial charge in [-0.2, -0.15) is 4.31 Å². The summed E-state index contributed by atoms with van der Waals surface area (Å²) in [4.78, 5) is 24.5. The van der Waals surface area contributed by atoms with Crippen LogP contribution in [0.1, 0.15) is 25.0 Å². The third-order valence-corrected chi connectivity index (χ3v) is 6.34. The lowest BCUT2D eigenvalue weighted by atomic mass is 10.0. The van der Waals surface area contributed by atoms with E-state index in [-0.39, 0.29) is 28.9 Å². The molecule has 2 unspecified atom stereocenters. The number of quaternary nitrogens is 1. The van der Waals surface area contributed by atoms with Crippen molar-refractivity contribution in [2.75, 3.05) is 41.3 Å². The van der Waals surface area contributed by atoms with Crippen LogP contribution in [0.15, 0.2) is 29.2 Å². The molecule has 0 bridgehead atoms. The van der Waals surface area contributed by atoms with Crippen LogP contribution in [0, 0.1) is 0 Å². The van der Waals surface area contributed by atoms with Gasteiger partial charge >= 0.3 is 5.97 Å². The van der Waals surface area contributed by atoms with E-state index in [1.807, 2.05) is 0 Å². The molecule has 0 radical (unpaired) electrons. The molecule has 0 aliphatic carbocycles. The minimum atomic E-state index is -3.86. The summed E-state index contributed by atoms with van der Waals surface area (Å²) < 4.78 is 32.7. The summed E-state index contributed by atoms with van der Waals surface area (Å²) in [5, 5.41) is 2.78. The topological polar surface area (TPSA) is 92.8 Å². The highest BCUT2D eigenvalue weighted by atomic mass is 127. The number of amides is 1. The monoisotopic (exact) mass is 525 g/mol. The third-order valence-electron chi connectivity index (χ3n) is 4.43. The molecule has 1 amide bonds.